The summed E-state index contributed by atoms with van der Waals surface area (Å²) in [5.74, 6) is -0.708. The van der Waals surface area contributed by atoms with Crippen LogP contribution in [-0.4, -0.2) is 46.6 Å². The van der Waals surface area contributed by atoms with Crippen LogP contribution in [0.1, 0.15) is 24.0 Å². The van der Waals surface area contributed by atoms with Crippen LogP contribution in [0.2, 0.25) is 0 Å². The van der Waals surface area contributed by atoms with Gasteiger partial charge in [-0.25, -0.2) is 0 Å². The Balaban J connectivity index is 1.64. The van der Waals surface area contributed by atoms with E-state index in [0.29, 0.717) is 6.42 Å². The first kappa shape index (κ1) is 17.6. The average Bonchev–Trinajstić information content (AvgIpc) is 2.63. The van der Waals surface area contributed by atoms with Crippen molar-refractivity contribution >= 4 is 5.97 Å². The molecule has 1 heterocycles. The molecule has 1 aliphatic rings. The predicted molar refractivity (Wildman–Crippen MR) is 99.2 cm³/mol. The molecule has 1 unspecified atom stereocenters. The van der Waals surface area contributed by atoms with Crippen molar-refractivity contribution in [3.05, 3.63) is 71.8 Å². The number of carboxylic acid groups (broad SMARTS) is 1. The van der Waals surface area contributed by atoms with E-state index in [-0.39, 0.29) is 12.5 Å². The minimum atomic E-state index is -0.708. The van der Waals surface area contributed by atoms with Crippen LogP contribution in [0.25, 0.3) is 0 Å². The lowest BCUT2D eigenvalue weighted by molar-refractivity contribution is -0.137. The van der Waals surface area contributed by atoms with Crippen LogP contribution < -0.4 is 0 Å². The minimum absolute atomic E-state index is 0.231. The third kappa shape index (κ3) is 5.41. The van der Waals surface area contributed by atoms with Gasteiger partial charge in [0.15, 0.2) is 0 Å². The van der Waals surface area contributed by atoms with Crippen LogP contribution in [0, 0.1) is 0 Å². The Kier molecular flexibility index (Phi) is 6.20. The molecule has 1 atom stereocenters. The summed E-state index contributed by atoms with van der Waals surface area (Å²) in [6.07, 6.45) is 0.933. The number of hydrogen-bond acceptors (Lipinski definition) is 3. The van der Waals surface area contributed by atoms with Gasteiger partial charge in [-0.3, -0.25) is 14.6 Å². The van der Waals surface area contributed by atoms with E-state index in [0.717, 1.165) is 32.7 Å². The van der Waals surface area contributed by atoms with Crippen molar-refractivity contribution in [2.45, 2.75) is 32.0 Å². The standard InChI is InChI=1S/C21H26N2O2/c24-21(25)12-11-20-17-22(15-18-7-3-1-4-8-18)13-14-23(20)16-19-9-5-2-6-10-19/h1-10,20H,11-17H2,(H,24,25). The van der Waals surface area contributed by atoms with E-state index in [1.165, 1.54) is 11.1 Å². The zero-order valence-electron chi connectivity index (χ0n) is 14.6. The zero-order valence-corrected chi connectivity index (χ0v) is 14.6. The number of rotatable bonds is 7. The fourth-order valence-electron chi connectivity index (χ4n) is 3.53. The summed E-state index contributed by atoms with van der Waals surface area (Å²) >= 11 is 0. The van der Waals surface area contributed by atoms with Crippen LogP contribution in [-0.2, 0) is 17.9 Å². The first-order valence-corrected chi connectivity index (χ1v) is 8.97. The van der Waals surface area contributed by atoms with Gasteiger partial charge in [0.05, 0.1) is 0 Å². The van der Waals surface area contributed by atoms with Gasteiger partial charge in [-0.15, -0.1) is 0 Å². The van der Waals surface area contributed by atoms with Gasteiger partial charge in [0, 0.05) is 45.2 Å². The van der Waals surface area contributed by atoms with Crippen LogP contribution in [0.4, 0.5) is 0 Å². The van der Waals surface area contributed by atoms with Crippen LogP contribution in [0.5, 0.6) is 0 Å². The summed E-state index contributed by atoms with van der Waals surface area (Å²) < 4.78 is 0. The number of carbonyl (C=O) groups is 1. The van der Waals surface area contributed by atoms with Crippen molar-refractivity contribution in [2.75, 3.05) is 19.6 Å². The number of hydrogen-bond donors (Lipinski definition) is 1. The van der Waals surface area contributed by atoms with Gasteiger partial charge in [-0.05, 0) is 17.5 Å². The molecule has 0 saturated carbocycles. The molecule has 0 spiro atoms. The molecule has 4 nitrogen and oxygen atoms in total. The molecule has 2 aromatic carbocycles. The van der Waals surface area contributed by atoms with Crippen molar-refractivity contribution in [1.82, 2.24) is 9.80 Å². The summed E-state index contributed by atoms with van der Waals surface area (Å²) in [7, 11) is 0. The molecule has 25 heavy (non-hydrogen) atoms. The molecule has 1 fully saturated rings. The molecule has 1 aliphatic heterocycles. The molecule has 0 radical (unpaired) electrons. The molecule has 2 aromatic rings. The van der Waals surface area contributed by atoms with Gasteiger partial charge >= 0.3 is 5.97 Å². The average molecular weight is 338 g/mol. The molecule has 1 N–H and O–H groups in total. The topological polar surface area (TPSA) is 43.8 Å². The van der Waals surface area contributed by atoms with E-state index in [2.05, 4.69) is 58.3 Å². The largest absolute Gasteiger partial charge is 0.481 e. The highest BCUT2D eigenvalue weighted by Gasteiger charge is 2.27. The molecule has 0 aromatic heterocycles. The van der Waals surface area contributed by atoms with Crippen molar-refractivity contribution in [3.8, 4) is 0 Å². The quantitative estimate of drug-likeness (QED) is 0.842. The summed E-state index contributed by atoms with van der Waals surface area (Å²) in [4.78, 5) is 15.9. The van der Waals surface area contributed by atoms with Gasteiger partial charge < -0.3 is 5.11 Å². The molecule has 4 heteroatoms. The Morgan fingerprint density at radius 3 is 2.12 bits per heavy atom. The summed E-state index contributed by atoms with van der Waals surface area (Å²) in [5, 5.41) is 9.09. The highest BCUT2D eigenvalue weighted by molar-refractivity contribution is 5.66. The molecule has 3 rings (SSSR count). The van der Waals surface area contributed by atoms with Crippen molar-refractivity contribution in [2.24, 2.45) is 0 Å². The number of benzene rings is 2. The first-order valence-electron chi connectivity index (χ1n) is 8.97. The van der Waals surface area contributed by atoms with Crippen LogP contribution in [0.15, 0.2) is 60.7 Å². The molecule has 0 bridgehead atoms. The van der Waals surface area contributed by atoms with E-state index in [1.54, 1.807) is 0 Å². The van der Waals surface area contributed by atoms with Gasteiger partial charge in [-0.1, -0.05) is 60.7 Å². The zero-order chi connectivity index (χ0) is 17.5. The Bertz CT molecular complexity index is 660. The van der Waals surface area contributed by atoms with E-state index in [1.807, 2.05) is 12.1 Å². The van der Waals surface area contributed by atoms with E-state index < -0.39 is 5.97 Å². The number of carboxylic acids is 1. The second-order valence-corrected chi connectivity index (χ2v) is 6.76. The van der Waals surface area contributed by atoms with E-state index >= 15 is 0 Å². The second kappa shape index (κ2) is 8.79. The third-order valence-electron chi connectivity index (χ3n) is 4.86. The van der Waals surface area contributed by atoms with Crippen molar-refractivity contribution in [1.29, 1.82) is 0 Å². The Labute approximate surface area is 149 Å². The third-order valence-corrected chi connectivity index (χ3v) is 4.86. The number of nitrogens with zero attached hydrogens (tertiary/aromatic N) is 2. The molecule has 0 aliphatic carbocycles. The maximum atomic E-state index is 11.0. The maximum absolute atomic E-state index is 11.0. The Morgan fingerprint density at radius 1 is 0.920 bits per heavy atom. The second-order valence-electron chi connectivity index (χ2n) is 6.76. The van der Waals surface area contributed by atoms with E-state index in [9.17, 15) is 4.79 Å². The Morgan fingerprint density at radius 2 is 1.52 bits per heavy atom. The van der Waals surface area contributed by atoms with Crippen LogP contribution in [0.3, 0.4) is 0 Å². The highest BCUT2D eigenvalue weighted by atomic mass is 16.4. The lowest BCUT2D eigenvalue weighted by Crippen LogP contribution is -2.52. The monoisotopic (exact) mass is 338 g/mol. The minimum Gasteiger partial charge on any atom is -0.481 e. The predicted octanol–water partition coefficient (Wildman–Crippen LogP) is 3.24. The summed E-state index contributed by atoms with van der Waals surface area (Å²) in [5.41, 5.74) is 2.61. The molecule has 132 valence electrons. The smallest absolute Gasteiger partial charge is 0.303 e. The van der Waals surface area contributed by atoms with Gasteiger partial charge in [-0.2, -0.15) is 0 Å². The molecule has 1 saturated heterocycles. The van der Waals surface area contributed by atoms with Crippen molar-refractivity contribution < 1.29 is 9.90 Å². The van der Waals surface area contributed by atoms with Gasteiger partial charge in [0.25, 0.3) is 0 Å². The molecular formula is C21H26N2O2. The normalized spacial score (nSPS) is 19.0. The maximum Gasteiger partial charge on any atom is 0.303 e. The van der Waals surface area contributed by atoms with Crippen LogP contribution >= 0.6 is 0 Å². The van der Waals surface area contributed by atoms with E-state index in [4.69, 9.17) is 5.11 Å². The SMILES string of the molecule is O=C(O)CCC1CN(Cc2ccccc2)CCN1Cc1ccccc1. The summed E-state index contributed by atoms with van der Waals surface area (Å²) in [6, 6.07) is 21.2. The number of piperazine rings is 1. The molecule has 0 amide bonds. The summed E-state index contributed by atoms with van der Waals surface area (Å²) in [6.45, 7) is 4.75. The fourth-order valence-corrected chi connectivity index (χ4v) is 3.53. The van der Waals surface area contributed by atoms with Crippen molar-refractivity contribution in [3.63, 3.8) is 0 Å². The highest BCUT2D eigenvalue weighted by Crippen LogP contribution is 2.19. The van der Waals surface area contributed by atoms with Gasteiger partial charge in [0.2, 0.25) is 0 Å². The molecular weight excluding hydrogens is 312 g/mol. The number of aliphatic carboxylic acids is 1. The fraction of sp³-hybridized carbons (Fsp3) is 0.381. The first-order chi connectivity index (χ1) is 12.2. The van der Waals surface area contributed by atoms with Gasteiger partial charge in [0.1, 0.15) is 0 Å². The Hall–Kier alpha value is -2.17. The lowest BCUT2D eigenvalue weighted by Gasteiger charge is -2.41. The lowest BCUT2D eigenvalue weighted by atomic mass is 10.0.